The lowest BCUT2D eigenvalue weighted by molar-refractivity contribution is 0.102. The fourth-order valence-electron chi connectivity index (χ4n) is 4.03. The number of hydrogen-bond donors (Lipinski definition) is 2. The van der Waals surface area contributed by atoms with Gasteiger partial charge < -0.3 is 5.32 Å². The highest BCUT2D eigenvalue weighted by Crippen LogP contribution is 2.26. The lowest BCUT2D eigenvalue weighted by Gasteiger charge is -2.26. The highest BCUT2D eigenvalue weighted by molar-refractivity contribution is 6.11. The van der Waals surface area contributed by atoms with Crippen LogP contribution in [0.5, 0.6) is 0 Å². The molecule has 0 atom stereocenters. The Kier molecular flexibility index (Phi) is 5.37. The van der Waals surface area contributed by atoms with E-state index in [4.69, 9.17) is 0 Å². The predicted molar refractivity (Wildman–Crippen MR) is 118 cm³/mol. The number of carbonyl (C=O) groups excluding carboxylic acids is 1. The molecular weight excluding hydrogens is 390 g/mol. The van der Waals surface area contributed by atoms with E-state index in [1.807, 2.05) is 30.6 Å². The molecule has 3 aromatic heterocycles. The fraction of sp³-hybridized carbons (Fsp3) is 0.261. The highest BCUT2D eigenvalue weighted by atomic mass is 16.1. The Balaban J connectivity index is 1.41. The normalized spacial score (nSPS) is 14.6. The Morgan fingerprint density at radius 1 is 1.00 bits per heavy atom. The number of nitrogens with zero attached hydrogens (tertiary/aromatic N) is 5. The van der Waals surface area contributed by atoms with Crippen LogP contribution in [-0.4, -0.2) is 49.3 Å². The van der Waals surface area contributed by atoms with Crippen LogP contribution >= 0.6 is 0 Å². The van der Waals surface area contributed by atoms with Gasteiger partial charge in [0.05, 0.1) is 23.6 Å². The summed E-state index contributed by atoms with van der Waals surface area (Å²) in [7, 11) is 0. The van der Waals surface area contributed by atoms with Gasteiger partial charge >= 0.3 is 0 Å². The summed E-state index contributed by atoms with van der Waals surface area (Å²) >= 11 is 0. The van der Waals surface area contributed by atoms with Crippen molar-refractivity contribution in [3.05, 3.63) is 66.4 Å². The number of nitrogens with one attached hydrogen (secondary N) is 2. The molecule has 8 heteroatoms. The van der Waals surface area contributed by atoms with Crippen LogP contribution in [0.2, 0.25) is 0 Å². The lowest BCUT2D eigenvalue weighted by atomic mass is 10.0. The van der Waals surface area contributed by atoms with E-state index in [0.717, 1.165) is 41.7 Å². The molecule has 0 spiro atoms. The van der Waals surface area contributed by atoms with Crippen LogP contribution in [0.1, 0.15) is 35.3 Å². The minimum absolute atomic E-state index is 0.298. The molecule has 1 saturated heterocycles. The molecule has 1 amide bonds. The number of pyridine rings is 1. The van der Waals surface area contributed by atoms with E-state index in [0.29, 0.717) is 11.4 Å². The molecule has 1 aromatic carbocycles. The number of piperidine rings is 1. The van der Waals surface area contributed by atoms with Gasteiger partial charge in [0.15, 0.2) is 5.69 Å². The maximum absolute atomic E-state index is 12.8. The molecule has 5 rings (SSSR count). The van der Waals surface area contributed by atoms with E-state index in [-0.39, 0.29) is 5.91 Å². The fourth-order valence-corrected chi connectivity index (χ4v) is 4.03. The van der Waals surface area contributed by atoms with Gasteiger partial charge in [-0.1, -0.05) is 12.5 Å². The number of fused-ring (bicyclic) bond motifs is 1. The SMILES string of the molecule is O=C(Nc1ccnnc1)c1n[nH]c2ccc(-c3cncc(CN4CCCCC4)c3)cc12. The zero-order valence-corrected chi connectivity index (χ0v) is 17.1. The smallest absolute Gasteiger partial charge is 0.276 e. The number of rotatable bonds is 5. The van der Waals surface area contributed by atoms with Crippen LogP contribution in [0, 0.1) is 0 Å². The van der Waals surface area contributed by atoms with Gasteiger partial charge in [-0.3, -0.25) is 19.8 Å². The van der Waals surface area contributed by atoms with Crippen molar-refractivity contribution in [2.24, 2.45) is 0 Å². The van der Waals surface area contributed by atoms with Crippen LogP contribution in [-0.2, 0) is 6.54 Å². The molecule has 0 aliphatic carbocycles. The summed E-state index contributed by atoms with van der Waals surface area (Å²) in [6.07, 6.45) is 10.7. The minimum atomic E-state index is -0.298. The average molecular weight is 413 g/mol. The van der Waals surface area contributed by atoms with Gasteiger partial charge in [0, 0.05) is 29.9 Å². The first kappa shape index (κ1) is 19.3. The van der Waals surface area contributed by atoms with Crippen molar-refractivity contribution in [1.82, 2.24) is 30.3 Å². The second-order valence-electron chi connectivity index (χ2n) is 7.84. The summed E-state index contributed by atoms with van der Waals surface area (Å²) < 4.78 is 0. The van der Waals surface area contributed by atoms with E-state index >= 15 is 0 Å². The standard InChI is InChI=1S/C23H23N7O/c31-23(27-19-6-7-25-26-14-19)22-20-11-17(4-5-21(20)28-29-22)18-10-16(12-24-13-18)15-30-8-2-1-3-9-30/h4-7,10-14H,1-3,8-9,15H2,(H,28,29)(H,25,27,31). The molecule has 0 bridgehead atoms. The molecule has 0 unspecified atom stereocenters. The third kappa shape index (κ3) is 4.29. The molecule has 0 saturated carbocycles. The third-order valence-electron chi connectivity index (χ3n) is 5.60. The summed E-state index contributed by atoms with van der Waals surface area (Å²) in [5, 5.41) is 18.2. The number of H-pyrrole nitrogens is 1. The van der Waals surface area contributed by atoms with Crippen molar-refractivity contribution in [3.63, 3.8) is 0 Å². The lowest BCUT2D eigenvalue weighted by Crippen LogP contribution is -2.29. The number of anilines is 1. The Morgan fingerprint density at radius 2 is 1.90 bits per heavy atom. The first-order valence-corrected chi connectivity index (χ1v) is 10.5. The maximum atomic E-state index is 12.8. The van der Waals surface area contributed by atoms with Crippen LogP contribution in [0.15, 0.2) is 55.1 Å². The van der Waals surface area contributed by atoms with Crippen LogP contribution in [0.25, 0.3) is 22.0 Å². The van der Waals surface area contributed by atoms with E-state index < -0.39 is 0 Å². The zero-order chi connectivity index (χ0) is 21.0. The van der Waals surface area contributed by atoms with Crippen molar-refractivity contribution >= 4 is 22.5 Å². The second kappa shape index (κ2) is 8.61. The van der Waals surface area contributed by atoms with Crippen molar-refractivity contribution < 1.29 is 4.79 Å². The van der Waals surface area contributed by atoms with E-state index in [1.54, 1.807) is 6.07 Å². The largest absolute Gasteiger partial charge is 0.319 e. The molecule has 2 N–H and O–H groups in total. The summed E-state index contributed by atoms with van der Waals surface area (Å²) in [6.45, 7) is 3.22. The number of hydrogen-bond acceptors (Lipinski definition) is 6. The van der Waals surface area contributed by atoms with Crippen molar-refractivity contribution in [2.45, 2.75) is 25.8 Å². The van der Waals surface area contributed by atoms with Crippen LogP contribution in [0.4, 0.5) is 5.69 Å². The summed E-state index contributed by atoms with van der Waals surface area (Å²) in [6, 6.07) is 9.83. The predicted octanol–water partition coefficient (Wildman–Crippen LogP) is 3.65. The van der Waals surface area contributed by atoms with Gasteiger partial charge in [-0.15, -0.1) is 0 Å². The Bertz CT molecular complexity index is 1200. The quantitative estimate of drug-likeness (QED) is 0.518. The second-order valence-corrected chi connectivity index (χ2v) is 7.84. The van der Waals surface area contributed by atoms with E-state index in [1.165, 1.54) is 37.2 Å². The van der Waals surface area contributed by atoms with E-state index in [2.05, 4.69) is 41.7 Å². The number of carbonyl (C=O) groups is 1. The molecule has 0 radical (unpaired) electrons. The minimum Gasteiger partial charge on any atom is -0.319 e. The molecule has 8 nitrogen and oxygen atoms in total. The molecule has 4 heterocycles. The molecule has 1 aliphatic heterocycles. The third-order valence-corrected chi connectivity index (χ3v) is 5.60. The molecule has 1 fully saturated rings. The zero-order valence-electron chi connectivity index (χ0n) is 17.1. The van der Waals surface area contributed by atoms with Gasteiger partial charge in [0.2, 0.25) is 0 Å². The van der Waals surface area contributed by atoms with Crippen molar-refractivity contribution in [1.29, 1.82) is 0 Å². The summed E-state index contributed by atoms with van der Waals surface area (Å²) in [5.41, 5.74) is 4.95. The van der Waals surface area contributed by atoms with Gasteiger partial charge in [-0.05, 0) is 61.3 Å². The number of aromatic nitrogens is 5. The van der Waals surface area contributed by atoms with Crippen molar-refractivity contribution in [3.8, 4) is 11.1 Å². The van der Waals surface area contributed by atoms with Crippen LogP contribution in [0.3, 0.4) is 0 Å². The summed E-state index contributed by atoms with van der Waals surface area (Å²) in [4.78, 5) is 19.7. The Hall–Kier alpha value is -3.65. The van der Waals surface area contributed by atoms with Crippen molar-refractivity contribution in [2.75, 3.05) is 18.4 Å². The molecular formula is C23H23N7O. The number of amides is 1. The van der Waals surface area contributed by atoms with E-state index in [9.17, 15) is 4.79 Å². The highest BCUT2D eigenvalue weighted by Gasteiger charge is 2.16. The maximum Gasteiger partial charge on any atom is 0.276 e. The van der Waals surface area contributed by atoms with Gasteiger partial charge in [-0.2, -0.15) is 15.3 Å². The molecule has 156 valence electrons. The van der Waals surface area contributed by atoms with Gasteiger partial charge in [0.25, 0.3) is 5.91 Å². The van der Waals surface area contributed by atoms with Gasteiger partial charge in [-0.25, -0.2) is 0 Å². The molecule has 1 aliphatic rings. The molecule has 4 aromatic rings. The number of likely N-dealkylation sites (tertiary alicyclic amines) is 1. The Labute approximate surface area is 179 Å². The van der Waals surface area contributed by atoms with Crippen LogP contribution < -0.4 is 5.32 Å². The average Bonchev–Trinajstić information content (AvgIpc) is 3.24. The Morgan fingerprint density at radius 3 is 2.74 bits per heavy atom. The summed E-state index contributed by atoms with van der Waals surface area (Å²) in [5.74, 6) is -0.298. The topological polar surface area (TPSA) is 99.7 Å². The first-order valence-electron chi connectivity index (χ1n) is 10.5. The number of benzene rings is 1. The first-order chi connectivity index (χ1) is 15.3. The molecule has 31 heavy (non-hydrogen) atoms. The number of aromatic amines is 1. The van der Waals surface area contributed by atoms with Gasteiger partial charge in [0.1, 0.15) is 0 Å². The monoisotopic (exact) mass is 413 g/mol.